The molecule has 0 aromatic carbocycles. The third kappa shape index (κ3) is 4.61. The first-order valence-electron chi connectivity index (χ1n) is 5.60. The summed E-state index contributed by atoms with van der Waals surface area (Å²) in [5.74, 6) is 0. The predicted molar refractivity (Wildman–Crippen MR) is 67.5 cm³/mol. The van der Waals surface area contributed by atoms with Crippen molar-refractivity contribution < 1.29 is 9.53 Å². The molecule has 16 heavy (non-hydrogen) atoms. The maximum atomic E-state index is 11.8. The molecule has 0 spiro atoms. The minimum Gasteiger partial charge on any atom is -0.444 e. The van der Waals surface area contributed by atoms with Gasteiger partial charge >= 0.3 is 6.09 Å². The second-order valence-electron chi connectivity index (χ2n) is 5.25. The van der Waals surface area contributed by atoms with E-state index in [0.717, 1.165) is 19.5 Å². The zero-order valence-corrected chi connectivity index (χ0v) is 11.6. The van der Waals surface area contributed by atoms with Crippen LogP contribution in [0.25, 0.3) is 0 Å². The molecule has 1 amide bonds. The predicted octanol–water partition coefficient (Wildman–Crippen LogP) is 2.21. The van der Waals surface area contributed by atoms with Gasteiger partial charge in [0.05, 0.1) is 0 Å². The molecule has 0 bridgehead atoms. The van der Waals surface area contributed by atoms with E-state index in [4.69, 9.17) is 4.74 Å². The highest BCUT2D eigenvalue weighted by Crippen LogP contribution is 2.24. The molecule has 1 aliphatic heterocycles. The number of amides is 1. The molecule has 5 heteroatoms. The fourth-order valence-corrected chi connectivity index (χ4v) is 2.66. The van der Waals surface area contributed by atoms with Crippen molar-refractivity contribution in [3.63, 3.8) is 0 Å². The summed E-state index contributed by atoms with van der Waals surface area (Å²) in [5, 5.41) is 0.502. The van der Waals surface area contributed by atoms with Gasteiger partial charge in [0.2, 0.25) is 0 Å². The quantitative estimate of drug-likeness (QED) is 0.699. The number of carbonyl (C=O) groups is 1. The van der Waals surface area contributed by atoms with E-state index < -0.39 is 5.60 Å². The van der Waals surface area contributed by atoms with Crippen molar-refractivity contribution in [3.05, 3.63) is 0 Å². The summed E-state index contributed by atoms with van der Waals surface area (Å²) in [6.45, 7) is 7.28. The molecule has 0 aromatic rings. The van der Waals surface area contributed by atoms with E-state index in [2.05, 4.69) is 4.31 Å². The van der Waals surface area contributed by atoms with Crippen molar-refractivity contribution in [2.24, 2.45) is 0 Å². The fourth-order valence-electron chi connectivity index (χ4n) is 1.60. The first-order chi connectivity index (χ1) is 7.28. The van der Waals surface area contributed by atoms with Crippen molar-refractivity contribution in [1.29, 1.82) is 0 Å². The normalized spacial score (nSPS) is 21.6. The van der Waals surface area contributed by atoms with E-state index >= 15 is 0 Å². The third-order valence-electron chi connectivity index (χ3n) is 2.16. The van der Waals surface area contributed by atoms with Crippen LogP contribution in [-0.4, -0.2) is 53.3 Å². The maximum absolute atomic E-state index is 11.8. The Hall–Kier alpha value is -0.420. The molecule has 1 aliphatic rings. The van der Waals surface area contributed by atoms with Crippen LogP contribution in [0.1, 0.15) is 27.2 Å². The number of hydrogen-bond donors (Lipinski definition) is 0. The summed E-state index contributed by atoms with van der Waals surface area (Å²) in [6.07, 6.45) is 0.858. The Morgan fingerprint density at radius 1 is 1.44 bits per heavy atom. The lowest BCUT2D eigenvalue weighted by atomic mass is 10.2. The van der Waals surface area contributed by atoms with Crippen LogP contribution in [0.15, 0.2) is 0 Å². The van der Waals surface area contributed by atoms with E-state index in [-0.39, 0.29) is 6.09 Å². The lowest BCUT2D eigenvalue weighted by Crippen LogP contribution is -2.35. The molecule has 0 aliphatic carbocycles. The Kier molecular flexibility index (Phi) is 4.50. The molecule has 1 rings (SSSR count). The van der Waals surface area contributed by atoms with Gasteiger partial charge < -0.3 is 9.64 Å². The molecule has 0 saturated carbocycles. The van der Waals surface area contributed by atoms with Crippen molar-refractivity contribution in [2.45, 2.75) is 38.0 Å². The van der Waals surface area contributed by atoms with Crippen LogP contribution in [0.4, 0.5) is 4.79 Å². The highest BCUT2D eigenvalue weighted by Gasteiger charge is 2.30. The van der Waals surface area contributed by atoms with E-state index in [1.807, 2.05) is 34.9 Å². The summed E-state index contributed by atoms with van der Waals surface area (Å²) in [6, 6.07) is 0. The van der Waals surface area contributed by atoms with Gasteiger partial charge in [0.15, 0.2) is 0 Å². The van der Waals surface area contributed by atoms with Gasteiger partial charge in [-0.05, 0) is 41.3 Å². The Bertz CT molecular complexity index is 251. The minimum absolute atomic E-state index is 0.186. The fraction of sp³-hybridized carbons (Fsp3) is 0.909. The van der Waals surface area contributed by atoms with Crippen LogP contribution in [0, 0.1) is 0 Å². The van der Waals surface area contributed by atoms with Gasteiger partial charge in [-0.15, -0.1) is 0 Å². The lowest BCUT2D eigenvalue weighted by Gasteiger charge is -2.24. The summed E-state index contributed by atoms with van der Waals surface area (Å²) in [7, 11) is 4.06. The molecule has 0 N–H and O–H groups in total. The first kappa shape index (κ1) is 13.6. The topological polar surface area (TPSA) is 32.8 Å². The van der Waals surface area contributed by atoms with Gasteiger partial charge in [0.25, 0.3) is 0 Å². The average molecular weight is 246 g/mol. The van der Waals surface area contributed by atoms with Crippen LogP contribution >= 0.6 is 11.9 Å². The zero-order chi connectivity index (χ0) is 12.3. The van der Waals surface area contributed by atoms with Gasteiger partial charge in [-0.2, -0.15) is 0 Å². The van der Waals surface area contributed by atoms with Gasteiger partial charge in [-0.1, -0.05) is 11.9 Å². The van der Waals surface area contributed by atoms with Crippen molar-refractivity contribution in [2.75, 3.05) is 27.2 Å². The van der Waals surface area contributed by atoms with Crippen molar-refractivity contribution in [3.8, 4) is 0 Å². The average Bonchev–Trinajstić information content (AvgIpc) is 2.48. The van der Waals surface area contributed by atoms with Gasteiger partial charge in [0, 0.05) is 18.3 Å². The Balaban J connectivity index is 2.38. The molecule has 4 nitrogen and oxygen atoms in total. The molecule has 1 heterocycles. The smallest absolute Gasteiger partial charge is 0.410 e. The Labute approximate surface area is 102 Å². The molecule has 0 aromatic heterocycles. The second kappa shape index (κ2) is 5.27. The number of carbonyl (C=O) groups excluding carboxylic acids is 1. The van der Waals surface area contributed by atoms with E-state index in [1.165, 1.54) is 0 Å². The minimum atomic E-state index is -0.399. The van der Waals surface area contributed by atoms with Crippen LogP contribution < -0.4 is 0 Å². The van der Waals surface area contributed by atoms with Crippen LogP contribution in [0.2, 0.25) is 0 Å². The van der Waals surface area contributed by atoms with Crippen molar-refractivity contribution in [1.82, 2.24) is 9.21 Å². The van der Waals surface area contributed by atoms with Crippen LogP contribution in [0.5, 0.6) is 0 Å². The number of ether oxygens (including phenoxy) is 1. The Morgan fingerprint density at radius 3 is 2.56 bits per heavy atom. The number of likely N-dealkylation sites (tertiary alicyclic amines) is 1. The molecule has 1 saturated heterocycles. The Morgan fingerprint density at radius 2 is 2.06 bits per heavy atom. The lowest BCUT2D eigenvalue weighted by molar-refractivity contribution is 0.0295. The summed E-state index contributed by atoms with van der Waals surface area (Å²) in [5.41, 5.74) is -0.399. The van der Waals surface area contributed by atoms with Gasteiger partial charge in [-0.3, -0.25) is 4.31 Å². The molecule has 94 valence electrons. The van der Waals surface area contributed by atoms with Crippen LogP contribution in [-0.2, 0) is 4.74 Å². The largest absolute Gasteiger partial charge is 0.444 e. The number of rotatable bonds is 2. The molecular formula is C11H22N2O2S. The standard InChI is InChI=1S/C11H22N2O2S/c1-11(2,3)15-10(14)13-7-6-9(8-13)16-12(4)5/h9H,6-8H2,1-5H3. The monoisotopic (exact) mass is 246 g/mol. The summed E-state index contributed by atoms with van der Waals surface area (Å²) >= 11 is 1.79. The summed E-state index contributed by atoms with van der Waals surface area (Å²) in [4.78, 5) is 13.6. The molecule has 1 atom stereocenters. The van der Waals surface area contributed by atoms with E-state index in [1.54, 1.807) is 16.8 Å². The van der Waals surface area contributed by atoms with Gasteiger partial charge in [-0.25, -0.2) is 4.79 Å². The summed E-state index contributed by atoms with van der Waals surface area (Å²) < 4.78 is 7.43. The molecule has 1 unspecified atom stereocenters. The third-order valence-corrected chi connectivity index (χ3v) is 3.26. The van der Waals surface area contributed by atoms with E-state index in [9.17, 15) is 4.79 Å². The first-order valence-corrected chi connectivity index (χ1v) is 6.43. The SMILES string of the molecule is CN(C)SC1CCN(C(=O)OC(C)(C)C)C1. The van der Waals surface area contributed by atoms with Crippen molar-refractivity contribution >= 4 is 18.0 Å². The highest BCUT2D eigenvalue weighted by molar-refractivity contribution is 7.97. The second-order valence-corrected chi connectivity index (χ2v) is 6.86. The molecule has 1 fully saturated rings. The zero-order valence-electron chi connectivity index (χ0n) is 10.8. The van der Waals surface area contributed by atoms with Crippen LogP contribution in [0.3, 0.4) is 0 Å². The maximum Gasteiger partial charge on any atom is 0.410 e. The molecular weight excluding hydrogens is 224 g/mol. The van der Waals surface area contributed by atoms with Gasteiger partial charge in [0.1, 0.15) is 5.60 Å². The van der Waals surface area contributed by atoms with E-state index in [0.29, 0.717) is 5.25 Å². The molecule has 0 radical (unpaired) electrons. The number of hydrogen-bond acceptors (Lipinski definition) is 4. The highest BCUT2D eigenvalue weighted by atomic mass is 32.2. The number of nitrogens with zero attached hydrogens (tertiary/aromatic N) is 2.